The Bertz CT molecular complexity index is 345. The number of hydrazone groups is 1. The van der Waals surface area contributed by atoms with Crippen LogP contribution in [0.2, 0.25) is 0 Å². The van der Waals surface area contributed by atoms with Crippen LogP contribution in [0.4, 0.5) is 22.0 Å². The van der Waals surface area contributed by atoms with Gasteiger partial charge in [0.15, 0.2) is 6.17 Å². The number of rotatable bonds is 3. The highest BCUT2D eigenvalue weighted by molar-refractivity contribution is 5.58. The standard InChI is InChI=1S/C11H18F5N3/c1-5-6-19-8(10(12,13)11(14,15)16)18(7-17-19)9(2,3)4/h7-8H,5-6H2,1-4H3. The molecule has 112 valence electrons. The highest BCUT2D eigenvalue weighted by Gasteiger charge is 2.67. The molecule has 1 atom stereocenters. The van der Waals surface area contributed by atoms with Gasteiger partial charge in [0.1, 0.15) is 6.34 Å². The van der Waals surface area contributed by atoms with E-state index in [0.29, 0.717) is 6.42 Å². The van der Waals surface area contributed by atoms with Gasteiger partial charge in [-0.15, -0.1) is 0 Å². The fourth-order valence-electron chi connectivity index (χ4n) is 1.85. The van der Waals surface area contributed by atoms with Gasteiger partial charge in [-0.2, -0.15) is 27.1 Å². The SMILES string of the molecule is CCCN1N=CN(C(C)(C)C)C1C(F)(F)C(F)(F)F. The summed E-state index contributed by atoms with van der Waals surface area (Å²) in [5, 5.41) is 4.49. The molecule has 1 rings (SSSR count). The number of hydrogen-bond acceptors (Lipinski definition) is 3. The maximum atomic E-state index is 13.7. The van der Waals surface area contributed by atoms with Crippen LogP contribution in [0.1, 0.15) is 34.1 Å². The van der Waals surface area contributed by atoms with Gasteiger partial charge >= 0.3 is 12.1 Å². The van der Waals surface area contributed by atoms with Crippen molar-refractivity contribution >= 4 is 6.34 Å². The molecular formula is C11H18F5N3. The Morgan fingerprint density at radius 1 is 1.11 bits per heavy atom. The van der Waals surface area contributed by atoms with Crippen molar-refractivity contribution in [3.05, 3.63) is 0 Å². The quantitative estimate of drug-likeness (QED) is 0.742. The lowest BCUT2D eigenvalue weighted by molar-refractivity contribution is -0.317. The zero-order valence-electron chi connectivity index (χ0n) is 11.3. The number of alkyl halides is 5. The molecule has 0 aromatic rings. The van der Waals surface area contributed by atoms with E-state index < -0.39 is 23.8 Å². The van der Waals surface area contributed by atoms with Crippen LogP contribution in [0.15, 0.2) is 5.10 Å². The third-order valence-electron chi connectivity index (χ3n) is 2.80. The number of hydrogen-bond donors (Lipinski definition) is 0. The molecule has 0 aromatic carbocycles. The van der Waals surface area contributed by atoms with Crippen molar-refractivity contribution in [1.82, 2.24) is 9.91 Å². The van der Waals surface area contributed by atoms with Crippen molar-refractivity contribution in [2.45, 2.75) is 57.9 Å². The van der Waals surface area contributed by atoms with Gasteiger partial charge < -0.3 is 4.90 Å². The summed E-state index contributed by atoms with van der Waals surface area (Å²) < 4.78 is 65.2. The van der Waals surface area contributed by atoms with Crippen LogP contribution in [0.25, 0.3) is 0 Å². The lowest BCUT2D eigenvalue weighted by atomic mass is 10.0. The van der Waals surface area contributed by atoms with Crippen molar-refractivity contribution in [2.75, 3.05) is 6.54 Å². The second kappa shape index (κ2) is 4.79. The van der Waals surface area contributed by atoms with Crippen LogP contribution in [0.5, 0.6) is 0 Å². The molecular weight excluding hydrogens is 269 g/mol. The van der Waals surface area contributed by atoms with E-state index >= 15 is 0 Å². The third-order valence-corrected chi connectivity index (χ3v) is 2.80. The lowest BCUT2D eigenvalue weighted by Crippen LogP contribution is -2.62. The Morgan fingerprint density at radius 2 is 1.63 bits per heavy atom. The fraction of sp³-hybridized carbons (Fsp3) is 0.909. The predicted molar refractivity (Wildman–Crippen MR) is 61.9 cm³/mol. The topological polar surface area (TPSA) is 18.8 Å². The Labute approximate surface area is 109 Å². The molecule has 3 nitrogen and oxygen atoms in total. The molecule has 1 aliphatic rings. The van der Waals surface area contributed by atoms with E-state index in [4.69, 9.17) is 0 Å². The highest BCUT2D eigenvalue weighted by Crippen LogP contribution is 2.43. The lowest BCUT2D eigenvalue weighted by Gasteiger charge is -2.42. The van der Waals surface area contributed by atoms with Crippen LogP contribution >= 0.6 is 0 Å². The average Bonchev–Trinajstić information content (AvgIpc) is 2.60. The second-order valence-corrected chi connectivity index (χ2v) is 5.47. The number of halogens is 5. The first-order valence-electron chi connectivity index (χ1n) is 5.96. The van der Waals surface area contributed by atoms with Crippen LogP contribution in [-0.4, -0.2) is 46.6 Å². The summed E-state index contributed by atoms with van der Waals surface area (Å²) in [6.45, 7) is 6.42. The summed E-state index contributed by atoms with van der Waals surface area (Å²) in [6.07, 6.45) is -6.26. The molecule has 1 unspecified atom stereocenters. The Morgan fingerprint density at radius 3 is 2.00 bits per heavy atom. The summed E-state index contributed by atoms with van der Waals surface area (Å²) in [7, 11) is 0. The monoisotopic (exact) mass is 287 g/mol. The van der Waals surface area contributed by atoms with Gasteiger partial charge in [0.2, 0.25) is 0 Å². The van der Waals surface area contributed by atoms with Crippen LogP contribution < -0.4 is 0 Å². The van der Waals surface area contributed by atoms with E-state index in [1.807, 2.05) is 0 Å². The highest BCUT2D eigenvalue weighted by atomic mass is 19.4. The van der Waals surface area contributed by atoms with E-state index in [1.54, 1.807) is 27.7 Å². The first-order valence-corrected chi connectivity index (χ1v) is 5.96. The minimum Gasteiger partial charge on any atom is -0.329 e. The Balaban J connectivity index is 3.15. The fourth-order valence-corrected chi connectivity index (χ4v) is 1.85. The number of nitrogens with zero attached hydrogens (tertiary/aromatic N) is 3. The van der Waals surface area contributed by atoms with E-state index in [9.17, 15) is 22.0 Å². The zero-order chi connectivity index (χ0) is 15.1. The van der Waals surface area contributed by atoms with Gasteiger partial charge in [0.25, 0.3) is 0 Å². The maximum absolute atomic E-state index is 13.7. The molecule has 1 heterocycles. The van der Waals surface area contributed by atoms with Gasteiger partial charge in [-0.25, -0.2) is 0 Å². The third kappa shape index (κ3) is 2.92. The smallest absolute Gasteiger partial charge is 0.329 e. The first-order chi connectivity index (χ1) is 8.43. The van der Waals surface area contributed by atoms with Crippen LogP contribution in [0, 0.1) is 0 Å². The van der Waals surface area contributed by atoms with Gasteiger partial charge in [-0.3, -0.25) is 5.01 Å². The Hall–Kier alpha value is -1.08. The second-order valence-electron chi connectivity index (χ2n) is 5.47. The molecule has 0 saturated carbocycles. The summed E-state index contributed by atoms with van der Waals surface area (Å²) in [5.74, 6) is -4.86. The van der Waals surface area contributed by atoms with E-state index in [-0.39, 0.29) is 6.54 Å². The van der Waals surface area contributed by atoms with E-state index in [1.165, 1.54) is 0 Å². The average molecular weight is 287 g/mol. The molecule has 19 heavy (non-hydrogen) atoms. The molecule has 0 saturated heterocycles. The molecule has 0 bridgehead atoms. The largest absolute Gasteiger partial charge is 0.457 e. The molecule has 0 radical (unpaired) electrons. The molecule has 0 spiro atoms. The summed E-state index contributed by atoms with van der Waals surface area (Å²) in [4.78, 5) is 0.955. The van der Waals surface area contributed by atoms with E-state index in [0.717, 1.165) is 16.2 Å². The van der Waals surface area contributed by atoms with Crippen molar-refractivity contribution in [3.63, 3.8) is 0 Å². The molecule has 0 N–H and O–H groups in total. The minimum absolute atomic E-state index is 0.0411. The Kier molecular flexibility index (Phi) is 4.03. The molecule has 0 fully saturated rings. The minimum atomic E-state index is -5.61. The predicted octanol–water partition coefficient (Wildman–Crippen LogP) is 3.28. The maximum Gasteiger partial charge on any atom is 0.457 e. The van der Waals surface area contributed by atoms with Gasteiger partial charge in [0.05, 0.1) is 0 Å². The van der Waals surface area contributed by atoms with Crippen molar-refractivity contribution < 1.29 is 22.0 Å². The first kappa shape index (κ1) is 16.0. The van der Waals surface area contributed by atoms with Gasteiger partial charge in [-0.05, 0) is 27.2 Å². The van der Waals surface area contributed by atoms with Crippen LogP contribution in [-0.2, 0) is 0 Å². The van der Waals surface area contributed by atoms with Crippen LogP contribution in [0.3, 0.4) is 0 Å². The van der Waals surface area contributed by atoms with Gasteiger partial charge in [0, 0.05) is 12.1 Å². The summed E-state index contributed by atoms with van der Waals surface area (Å²) in [5.41, 5.74) is -0.884. The van der Waals surface area contributed by atoms with Crippen molar-refractivity contribution in [2.24, 2.45) is 5.10 Å². The summed E-state index contributed by atoms with van der Waals surface area (Å²) in [6, 6.07) is 0. The van der Waals surface area contributed by atoms with Crippen molar-refractivity contribution in [3.8, 4) is 0 Å². The molecule has 0 amide bonds. The van der Waals surface area contributed by atoms with Crippen molar-refractivity contribution in [1.29, 1.82) is 0 Å². The molecule has 1 aliphatic heterocycles. The molecule has 8 heteroatoms. The molecule has 0 aromatic heterocycles. The normalized spacial score (nSPS) is 21.4. The zero-order valence-corrected chi connectivity index (χ0v) is 11.3. The van der Waals surface area contributed by atoms with Gasteiger partial charge in [-0.1, -0.05) is 6.92 Å². The summed E-state index contributed by atoms with van der Waals surface area (Å²) >= 11 is 0. The molecule has 0 aliphatic carbocycles. The van der Waals surface area contributed by atoms with E-state index in [2.05, 4.69) is 5.10 Å².